The van der Waals surface area contributed by atoms with Gasteiger partial charge in [0.1, 0.15) is 6.07 Å². The maximum atomic E-state index is 12.7. The van der Waals surface area contributed by atoms with Crippen molar-refractivity contribution in [2.24, 2.45) is 0 Å². The second-order valence-corrected chi connectivity index (χ2v) is 3.51. The third-order valence-electron chi connectivity index (χ3n) is 2.05. The highest BCUT2D eigenvalue weighted by atomic mass is 79.9. The molecule has 0 aliphatic rings. The average Bonchev–Trinajstić information content (AvgIpc) is 2.35. The van der Waals surface area contributed by atoms with E-state index in [-0.39, 0.29) is 16.6 Å². The van der Waals surface area contributed by atoms with Crippen LogP contribution < -0.4 is 0 Å². The van der Waals surface area contributed by atoms with Gasteiger partial charge in [-0.1, -0.05) is 15.9 Å². The molecule has 0 aromatic carbocycles. The summed E-state index contributed by atoms with van der Waals surface area (Å²) in [5, 5.41) is 9.10. The topological polar surface area (TPSA) is 63.0 Å². The first-order valence-electron chi connectivity index (χ1n) is 4.41. The van der Waals surface area contributed by atoms with Crippen LogP contribution in [-0.2, 0) is 10.1 Å². The van der Waals surface area contributed by atoms with Crippen LogP contribution in [0.3, 0.4) is 0 Å². The molecule has 0 saturated heterocycles. The number of hydrogen-bond donors (Lipinski definition) is 0. The van der Waals surface area contributed by atoms with E-state index < -0.39 is 23.5 Å². The van der Waals surface area contributed by atoms with E-state index in [4.69, 9.17) is 5.26 Å². The van der Waals surface area contributed by atoms with Gasteiger partial charge in [0.15, 0.2) is 0 Å². The van der Waals surface area contributed by atoms with Crippen LogP contribution in [-0.4, -0.2) is 18.1 Å². The lowest BCUT2D eigenvalue weighted by Crippen LogP contribution is -2.12. The molecule has 4 nitrogen and oxygen atoms in total. The van der Waals surface area contributed by atoms with E-state index in [9.17, 15) is 13.6 Å². The van der Waals surface area contributed by atoms with Gasteiger partial charge in [-0.3, -0.25) is 4.98 Å². The number of nitriles is 1. The third-order valence-corrected chi connectivity index (χ3v) is 2.58. The third kappa shape index (κ3) is 2.58. The molecule has 0 aliphatic carbocycles. The summed E-state index contributed by atoms with van der Waals surface area (Å²) < 4.78 is 29.8. The second kappa shape index (κ2) is 5.68. The molecule has 0 bridgehead atoms. The number of carbonyl (C=O) groups excluding carboxylic acids is 1. The zero-order valence-corrected chi connectivity index (χ0v) is 10.3. The Labute approximate surface area is 104 Å². The molecular weight excluding hydrogens is 298 g/mol. The Bertz CT molecular complexity index is 486. The fourth-order valence-electron chi connectivity index (χ4n) is 1.27. The maximum Gasteiger partial charge on any atom is 0.339 e. The number of ether oxygens (including phenoxy) is 1. The smallest absolute Gasteiger partial charge is 0.339 e. The lowest BCUT2D eigenvalue weighted by Gasteiger charge is -2.10. The Morgan fingerprint density at radius 2 is 2.35 bits per heavy atom. The minimum atomic E-state index is -2.90. The van der Waals surface area contributed by atoms with Crippen LogP contribution in [0.2, 0.25) is 0 Å². The van der Waals surface area contributed by atoms with E-state index in [0.717, 1.165) is 13.3 Å². The van der Waals surface area contributed by atoms with Crippen molar-refractivity contribution >= 4 is 21.9 Å². The second-order valence-electron chi connectivity index (χ2n) is 2.95. The lowest BCUT2D eigenvalue weighted by atomic mass is 10.0. The van der Waals surface area contributed by atoms with Crippen LogP contribution in [0.25, 0.3) is 0 Å². The summed E-state index contributed by atoms with van der Waals surface area (Å²) in [7, 11) is 1.06. The van der Waals surface area contributed by atoms with Crippen molar-refractivity contribution in [3.63, 3.8) is 0 Å². The highest BCUT2D eigenvalue weighted by molar-refractivity contribution is 9.08. The summed E-state index contributed by atoms with van der Waals surface area (Å²) in [5.41, 5.74) is -0.989. The zero-order valence-electron chi connectivity index (χ0n) is 8.71. The molecule has 0 amide bonds. The van der Waals surface area contributed by atoms with Gasteiger partial charge in [0.05, 0.1) is 29.5 Å². The number of rotatable bonds is 3. The molecule has 0 saturated carbocycles. The molecule has 1 aromatic rings. The zero-order chi connectivity index (χ0) is 13.0. The molecule has 17 heavy (non-hydrogen) atoms. The maximum absolute atomic E-state index is 12.7. The van der Waals surface area contributed by atoms with Gasteiger partial charge in [0.2, 0.25) is 0 Å². The van der Waals surface area contributed by atoms with Gasteiger partial charge in [0.25, 0.3) is 6.43 Å². The first-order chi connectivity index (χ1) is 8.06. The minimum Gasteiger partial charge on any atom is -0.465 e. The minimum absolute atomic E-state index is 0.184. The molecule has 0 atom stereocenters. The SMILES string of the molecule is COC(=O)c1c(C(F)F)cnc(CBr)c1C#N. The van der Waals surface area contributed by atoms with E-state index in [0.29, 0.717) is 0 Å². The number of methoxy groups -OCH3 is 1. The Hall–Kier alpha value is -1.55. The fourth-order valence-corrected chi connectivity index (χ4v) is 1.70. The highest BCUT2D eigenvalue weighted by Crippen LogP contribution is 2.27. The standard InChI is InChI=1S/C10H7BrF2N2O2/c1-17-10(16)8-5(3-14)7(2-11)15-4-6(8)9(12)13/h4,9H,2H2,1H3. The number of halogens is 3. The van der Waals surface area contributed by atoms with Gasteiger partial charge in [-0.15, -0.1) is 0 Å². The molecule has 1 rings (SSSR count). The van der Waals surface area contributed by atoms with E-state index in [2.05, 4.69) is 25.7 Å². The number of alkyl halides is 3. The van der Waals surface area contributed by atoms with E-state index >= 15 is 0 Å². The van der Waals surface area contributed by atoms with Gasteiger partial charge in [-0.2, -0.15) is 5.26 Å². The van der Waals surface area contributed by atoms with Crippen molar-refractivity contribution in [3.05, 3.63) is 28.6 Å². The molecule has 1 aromatic heterocycles. The number of aromatic nitrogens is 1. The predicted octanol–water partition coefficient (Wildman–Crippen LogP) is 2.57. The van der Waals surface area contributed by atoms with Crippen LogP contribution in [0.15, 0.2) is 6.20 Å². The van der Waals surface area contributed by atoms with Crippen LogP contribution in [0.1, 0.15) is 33.6 Å². The number of carbonyl (C=O) groups is 1. The van der Waals surface area contributed by atoms with Crippen molar-refractivity contribution in [1.82, 2.24) is 4.98 Å². The molecule has 0 radical (unpaired) electrons. The van der Waals surface area contributed by atoms with Crippen molar-refractivity contribution in [2.75, 3.05) is 7.11 Å². The number of hydrogen-bond acceptors (Lipinski definition) is 4. The summed E-state index contributed by atoms with van der Waals surface area (Å²) >= 11 is 3.06. The van der Waals surface area contributed by atoms with E-state index in [1.165, 1.54) is 0 Å². The van der Waals surface area contributed by atoms with Crippen LogP contribution >= 0.6 is 15.9 Å². The molecular formula is C10H7BrF2N2O2. The number of esters is 1. The normalized spacial score (nSPS) is 10.1. The van der Waals surface area contributed by atoms with Crippen LogP contribution in [0.4, 0.5) is 8.78 Å². The van der Waals surface area contributed by atoms with Crippen molar-refractivity contribution in [3.8, 4) is 6.07 Å². The Balaban J connectivity index is 3.57. The average molecular weight is 305 g/mol. The Morgan fingerprint density at radius 3 is 2.76 bits per heavy atom. The van der Waals surface area contributed by atoms with Gasteiger partial charge < -0.3 is 4.74 Å². The van der Waals surface area contributed by atoms with Crippen LogP contribution in [0, 0.1) is 11.3 Å². The molecule has 90 valence electrons. The first kappa shape index (κ1) is 13.5. The molecule has 0 aliphatic heterocycles. The fraction of sp³-hybridized carbons (Fsp3) is 0.300. The molecule has 0 unspecified atom stereocenters. The summed E-state index contributed by atoms with van der Waals surface area (Å²) in [5.74, 6) is -0.971. The van der Waals surface area contributed by atoms with E-state index in [1.54, 1.807) is 6.07 Å². The summed E-state index contributed by atoms with van der Waals surface area (Å²) in [6, 6.07) is 1.70. The molecule has 1 heterocycles. The predicted molar refractivity (Wildman–Crippen MR) is 57.9 cm³/mol. The highest BCUT2D eigenvalue weighted by Gasteiger charge is 2.25. The Morgan fingerprint density at radius 1 is 1.71 bits per heavy atom. The van der Waals surface area contributed by atoms with Gasteiger partial charge in [-0.25, -0.2) is 13.6 Å². The molecule has 7 heteroatoms. The Kier molecular flexibility index (Phi) is 4.52. The molecule has 0 spiro atoms. The van der Waals surface area contributed by atoms with Gasteiger partial charge in [-0.05, 0) is 0 Å². The van der Waals surface area contributed by atoms with Gasteiger partial charge in [0, 0.05) is 11.5 Å². The summed E-state index contributed by atoms with van der Waals surface area (Å²) in [4.78, 5) is 15.1. The first-order valence-corrected chi connectivity index (χ1v) is 5.53. The van der Waals surface area contributed by atoms with Crippen molar-refractivity contribution < 1.29 is 18.3 Å². The monoisotopic (exact) mass is 304 g/mol. The summed E-state index contributed by atoms with van der Waals surface area (Å²) in [6.07, 6.45) is -2.01. The van der Waals surface area contributed by atoms with Crippen LogP contribution in [0.5, 0.6) is 0 Å². The number of pyridine rings is 1. The quantitative estimate of drug-likeness (QED) is 0.636. The van der Waals surface area contributed by atoms with Gasteiger partial charge >= 0.3 is 5.97 Å². The summed E-state index contributed by atoms with van der Waals surface area (Å²) in [6.45, 7) is 0. The lowest BCUT2D eigenvalue weighted by molar-refractivity contribution is 0.0588. The number of nitrogens with zero attached hydrogens (tertiary/aromatic N) is 2. The molecule has 0 N–H and O–H groups in total. The van der Waals surface area contributed by atoms with Crippen molar-refractivity contribution in [2.45, 2.75) is 11.8 Å². The van der Waals surface area contributed by atoms with Crippen molar-refractivity contribution in [1.29, 1.82) is 5.26 Å². The largest absolute Gasteiger partial charge is 0.465 e. The molecule has 0 fully saturated rings. The van der Waals surface area contributed by atoms with E-state index in [1.807, 2.05) is 0 Å².